The molecular formula is C11H13N3O. The third kappa shape index (κ3) is 1.33. The van der Waals surface area contributed by atoms with Crippen molar-refractivity contribution in [1.29, 1.82) is 0 Å². The van der Waals surface area contributed by atoms with Crippen molar-refractivity contribution >= 4 is 11.0 Å². The molecule has 1 fully saturated rings. The molecule has 0 bridgehead atoms. The molecule has 3 rings (SSSR count). The number of H-pyrrole nitrogens is 1. The molecule has 4 heteroatoms. The summed E-state index contributed by atoms with van der Waals surface area (Å²) in [7, 11) is 0. The van der Waals surface area contributed by atoms with Crippen LogP contribution >= 0.6 is 0 Å². The summed E-state index contributed by atoms with van der Waals surface area (Å²) in [6.07, 6.45) is 5.68. The molecule has 1 saturated heterocycles. The van der Waals surface area contributed by atoms with E-state index in [-0.39, 0.29) is 5.60 Å². The predicted octanol–water partition coefficient (Wildman–Crippen LogP) is 1.98. The molecule has 0 saturated carbocycles. The van der Waals surface area contributed by atoms with Crippen molar-refractivity contribution in [3.05, 3.63) is 24.3 Å². The number of rotatable bonds is 1. The van der Waals surface area contributed by atoms with Crippen LogP contribution in [0.3, 0.4) is 0 Å². The first-order valence-corrected chi connectivity index (χ1v) is 5.22. The summed E-state index contributed by atoms with van der Waals surface area (Å²) in [6, 6.07) is 1.91. The van der Waals surface area contributed by atoms with Gasteiger partial charge in [0.1, 0.15) is 11.4 Å². The van der Waals surface area contributed by atoms with Gasteiger partial charge in [0.15, 0.2) is 0 Å². The minimum absolute atomic E-state index is 0.237. The Kier molecular flexibility index (Phi) is 1.79. The quantitative estimate of drug-likeness (QED) is 0.771. The first-order valence-electron chi connectivity index (χ1n) is 5.22. The zero-order valence-electron chi connectivity index (χ0n) is 8.66. The number of ether oxygens (including phenoxy) is 1. The highest BCUT2D eigenvalue weighted by molar-refractivity contribution is 5.73. The molecule has 2 aromatic rings. The first-order chi connectivity index (χ1) is 7.28. The highest BCUT2D eigenvalue weighted by Gasteiger charge is 2.34. The topological polar surface area (TPSA) is 50.8 Å². The molecule has 1 aliphatic heterocycles. The van der Waals surface area contributed by atoms with Crippen molar-refractivity contribution in [3.8, 4) is 0 Å². The van der Waals surface area contributed by atoms with E-state index < -0.39 is 0 Å². The summed E-state index contributed by atoms with van der Waals surface area (Å²) in [6.45, 7) is 2.91. The number of nitrogens with one attached hydrogen (secondary N) is 1. The maximum absolute atomic E-state index is 5.74. The highest BCUT2D eigenvalue weighted by atomic mass is 16.5. The Labute approximate surface area is 87.7 Å². The number of hydrogen-bond donors (Lipinski definition) is 1. The summed E-state index contributed by atoms with van der Waals surface area (Å²) in [5.74, 6) is 0.919. The van der Waals surface area contributed by atoms with E-state index in [1.165, 1.54) is 0 Å². The molecule has 0 amide bonds. The maximum Gasteiger partial charge on any atom is 0.139 e. The van der Waals surface area contributed by atoms with E-state index in [4.69, 9.17) is 4.74 Å². The Morgan fingerprint density at radius 3 is 3.20 bits per heavy atom. The number of hydrogen-bond acceptors (Lipinski definition) is 3. The lowest BCUT2D eigenvalue weighted by Crippen LogP contribution is -2.21. The van der Waals surface area contributed by atoms with Gasteiger partial charge < -0.3 is 9.72 Å². The summed E-state index contributed by atoms with van der Waals surface area (Å²) in [5.41, 5.74) is 1.69. The minimum atomic E-state index is -0.237. The Morgan fingerprint density at radius 2 is 2.47 bits per heavy atom. The second kappa shape index (κ2) is 3.03. The van der Waals surface area contributed by atoms with Gasteiger partial charge in [0.05, 0.1) is 17.2 Å². The van der Waals surface area contributed by atoms with Gasteiger partial charge in [-0.3, -0.25) is 4.98 Å². The minimum Gasteiger partial charge on any atom is -0.367 e. The molecular weight excluding hydrogens is 190 g/mol. The Balaban J connectivity index is 2.11. The van der Waals surface area contributed by atoms with Gasteiger partial charge >= 0.3 is 0 Å². The average Bonchev–Trinajstić information content (AvgIpc) is 2.84. The molecule has 0 radical (unpaired) electrons. The smallest absolute Gasteiger partial charge is 0.139 e. The number of pyridine rings is 1. The summed E-state index contributed by atoms with van der Waals surface area (Å²) in [4.78, 5) is 11.9. The zero-order valence-corrected chi connectivity index (χ0v) is 8.66. The fourth-order valence-corrected chi connectivity index (χ4v) is 2.07. The number of nitrogens with zero attached hydrogens (tertiary/aromatic N) is 2. The Hall–Kier alpha value is -1.42. The Bertz CT molecular complexity index is 452. The summed E-state index contributed by atoms with van der Waals surface area (Å²) in [5, 5.41) is 0. The van der Waals surface area contributed by atoms with Gasteiger partial charge in [0.2, 0.25) is 0 Å². The lowest BCUT2D eigenvalue weighted by molar-refractivity contribution is 0.0103. The van der Waals surface area contributed by atoms with E-state index >= 15 is 0 Å². The molecule has 3 heterocycles. The van der Waals surface area contributed by atoms with Crippen molar-refractivity contribution in [3.63, 3.8) is 0 Å². The van der Waals surface area contributed by atoms with Gasteiger partial charge in [0, 0.05) is 12.8 Å². The van der Waals surface area contributed by atoms with Crippen LogP contribution < -0.4 is 0 Å². The monoisotopic (exact) mass is 203 g/mol. The van der Waals surface area contributed by atoms with E-state index in [1.807, 2.05) is 6.07 Å². The van der Waals surface area contributed by atoms with Crippen LogP contribution in [0, 0.1) is 0 Å². The van der Waals surface area contributed by atoms with Crippen LogP contribution in [-0.4, -0.2) is 21.6 Å². The number of fused-ring (bicyclic) bond motifs is 1. The molecule has 1 N–H and O–H groups in total. The molecule has 78 valence electrons. The van der Waals surface area contributed by atoms with E-state index in [0.29, 0.717) is 0 Å². The number of imidazole rings is 1. The van der Waals surface area contributed by atoms with Gasteiger partial charge in [-0.05, 0) is 25.8 Å². The second-order valence-electron chi connectivity index (χ2n) is 4.16. The lowest BCUT2D eigenvalue weighted by atomic mass is 10.0. The van der Waals surface area contributed by atoms with Gasteiger partial charge in [-0.25, -0.2) is 4.98 Å². The SMILES string of the molecule is CC1(c2nc3ccncc3[nH]2)CCCO1. The average molecular weight is 203 g/mol. The lowest BCUT2D eigenvalue weighted by Gasteiger charge is -2.19. The van der Waals surface area contributed by atoms with Crippen molar-refractivity contribution in [1.82, 2.24) is 15.0 Å². The van der Waals surface area contributed by atoms with Crippen LogP contribution in [-0.2, 0) is 10.3 Å². The van der Waals surface area contributed by atoms with Crippen molar-refractivity contribution < 1.29 is 4.74 Å². The van der Waals surface area contributed by atoms with Crippen LogP contribution in [0.4, 0.5) is 0 Å². The normalized spacial score (nSPS) is 26.2. The van der Waals surface area contributed by atoms with Crippen LogP contribution in [0.2, 0.25) is 0 Å². The van der Waals surface area contributed by atoms with E-state index in [9.17, 15) is 0 Å². The fourth-order valence-electron chi connectivity index (χ4n) is 2.07. The van der Waals surface area contributed by atoms with Gasteiger partial charge in [-0.15, -0.1) is 0 Å². The molecule has 0 spiro atoms. The highest BCUT2D eigenvalue weighted by Crippen LogP contribution is 2.34. The van der Waals surface area contributed by atoms with Crippen molar-refractivity contribution in [2.75, 3.05) is 6.61 Å². The Morgan fingerprint density at radius 1 is 1.53 bits per heavy atom. The predicted molar refractivity (Wildman–Crippen MR) is 56.4 cm³/mol. The molecule has 1 aliphatic rings. The molecule has 0 aromatic carbocycles. The number of aromatic amines is 1. The van der Waals surface area contributed by atoms with Crippen LogP contribution in [0.5, 0.6) is 0 Å². The summed E-state index contributed by atoms with van der Waals surface area (Å²) < 4.78 is 5.74. The van der Waals surface area contributed by atoms with Crippen LogP contribution in [0.25, 0.3) is 11.0 Å². The van der Waals surface area contributed by atoms with E-state index in [2.05, 4.69) is 21.9 Å². The van der Waals surface area contributed by atoms with Crippen molar-refractivity contribution in [2.24, 2.45) is 0 Å². The third-order valence-corrected chi connectivity index (χ3v) is 3.00. The molecule has 2 aromatic heterocycles. The summed E-state index contributed by atoms with van der Waals surface area (Å²) >= 11 is 0. The maximum atomic E-state index is 5.74. The fraction of sp³-hybridized carbons (Fsp3) is 0.455. The van der Waals surface area contributed by atoms with Crippen LogP contribution in [0.1, 0.15) is 25.6 Å². The zero-order chi connectivity index (χ0) is 10.3. The van der Waals surface area contributed by atoms with Crippen LogP contribution in [0.15, 0.2) is 18.5 Å². The molecule has 1 atom stereocenters. The molecule has 1 unspecified atom stereocenters. The first kappa shape index (κ1) is 8.85. The third-order valence-electron chi connectivity index (χ3n) is 3.00. The second-order valence-corrected chi connectivity index (χ2v) is 4.16. The van der Waals surface area contributed by atoms with Gasteiger partial charge in [-0.1, -0.05) is 0 Å². The molecule has 4 nitrogen and oxygen atoms in total. The van der Waals surface area contributed by atoms with Gasteiger partial charge in [-0.2, -0.15) is 0 Å². The van der Waals surface area contributed by atoms with E-state index in [1.54, 1.807) is 12.4 Å². The van der Waals surface area contributed by atoms with E-state index in [0.717, 1.165) is 36.3 Å². The standard InChI is InChI=1S/C11H13N3O/c1-11(4-2-6-15-11)10-13-8-3-5-12-7-9(8)14-10/h3,5,7H,2,4,6H2,1H3,(H,13,14). The molecule has 15 heavy (non-hydrogen) atoms. The largest absolute Gasteiger partial charge is 0.367 e. The van der Waals surface area contributed by atoms with Crippen molar-refractivity contribution in [2.45, 2.75) is 25.4 Å². The molecule has 0 aliphatic carbocycles. The van der Waals surface area contributed by atoms with Gasteiger partial charge in [0.25, 0.3) is 0 Å². The number of aromatic nitrogens is 3.